The monoisotopic (exact) mass is 358 g/mol. The highest BCUT2D eigenvalue weighted by Gasteiger charge is 2.12. The Hall–Kier alpha value is -1.01. The highest BCUT2D eigenvalue weighted by molar-refractivity contribution is 9.10. The molecule has 0 aliphatic carbocycles. The molecule has 0 aliphatic heterocycles. The van der Waals surface area contributed by atoms with Crippen LogP contribution >= 0.6 is 31.9 Å². The Kier molecular flexibility index (Phi) is 3.73. The molecule has 0 radical (unpaired) electrons. The number of nitrogens with zero attached hydrogens (tertiary/aromatic N) is 2. The Balaban J connectivity index is 2.41. The fourth-order valence-electron chi connectivity index (χ4n) is 1.35. The van der Waals surface area contributed by atoms with Gasteiger partial charge < -0.3 is 4.52 Å². The summed E-state index contributed by atoms with van der Waals surface area (Å²) < 4.78 is 5.83. The second kappa shape index (κ2) is 5.10. The van der Waals surface area contributed by atoms with E-state index in [-0.39, 0.29) is 5.78 Å². The van der Waals surface area contributed by atoms with Gasteiger partial charge in [-0.05, 0) is 35.0 Å². The summed E-state index contributed by atoms with van der Waals surface area (Å²) in [6.45, 7) is 1.75. The van der Waals surface area contributed by atoms with E-state index in [9.17, 15) is 4.79 Å². The molecule has 17 heavy (non-hydrogen) atoms. The smallest absolute Gasteiger partial charge is 0.259 e. The van der Waals surface area contributed by atoms with Crippen LogP contribution in [0.25, 0.3) is 11.5 Å². The summed E-state index contributed by atoms with van der Waals surface area (Å²) >= 11 is 6.53. The normalized spacial score (nSPS) is 10.5. The van der Waals surface area contributed by atoms with Crippen LogP contribution in [0.15, 0.2) is 27.2 Å². The maximum atomic E-state index is 11.5. The van der Waals surface area contributed by atoms with E-state index in [2.05, 4.69) is 42.0 Å². The largest absolute Gasteiger partial charge is 0.334 e. The minimum atomic E-state index is 0.0268. The van der Waals surface area contributed by atoms with Crippen LogP contribution in [-0.4, -0.2) is 21.3 Å². The number of benzene rings is 1. The maximum Gasteiger partial charge on any atom is 0.259 e. The van der Waals surface area contributed by atoms with Crippen molar-refractivity contribution in [1.29, 1.82) is 0 Å². The summed E-state index contributed by atoms with van der Waals surface area (Å²) in [5.74, 6) is 1.04. The van der Waals surface area contributed by atoms with Crippen molar-refractivity contribution >= 4 is 37.6 Å². The number of Topliss-reactive ketones (excluding diaryl/α,β-unsaturated/α-hetero) is 1. The summed E-state index contributed by atoms with van der Waals surface area (Å²) in [6, 6.07) is 5.27. The van der Waals surface area contributed by atoms with E-state index in [4.69, 9.17) is 4.52 Å². The molecule has 2 rings (SSSR count). The van der Waals surface area contributed by atoms with Gasteiger partial charge in [-0.2, -0.15) is 4.98 Å². The molecule has 4 nitrogen and oxygen atoms in total. The fourth-order valence-corrected chi connectivity index (χ4v) is 2.22. The zero-order valence-corrected chi connectivity index (χ0v) is 12.1. The van der Waals surface area contributed by atoms with Crippen molar-refractivity contribution in [3.63, 3.8) is 0 Å². The average Bonchev–Trinajstić information content (AvgIpc) is 2.74. The first-order chi connectivity index (χ1) is 8.11. The molecule has 0 amide bonds. The van der Waals surface area contributed by atoms with Crippen LogP contribution in [0.3, 0.4) is 0 Å². The first-order valence-corrected chi connectivity index (χ1v) is 6.72. The van der Waals surface area contributed by atoms with E-state index < -0.39 is 0 Å². The average molecular weight is 360 g/mol. The number of aryl methyl sites for hydroxylation is 1. The van der Waals surface area contributed by atoms with Gasteiger partial charge in [-0.3, -0.25) is 4.79 Å². The van der Waals surface area contributed by atoms with Crippen LogP contribution in [-0.2, 0) is 0 Å². The molecular formula is C11H8Br2N2O2. The van der Waals surface area contributed by atoms with E-state index in [1.807, 2.05) is 0 Å². The van der Waals surface area contributed by atoms with Crippen LogP contribution < -0.4 is 0 Å². The Morgan fingerprint density at radius 3 is 2.76 bits per heavy atom. The highest BCUT2D eigenvalue weighted by atomic mass is 79.9. The highest BCUT2D eigenvalue weighted by Crippen LogP contribution is 2.28. The molecule has 88 valence electrons. The predicted octanol–water partition coefficient (Wildman–Crippen LogP) is 3.39. The molecular weight excluding hydrogens is 352 g/mol. The summed E-state index contributed by atoms with van der Waals surface area (Å²) in [5.41, 5.74) is 1.41. The van der Waals surface area contributed by atoms with Crippen LogP contribution in [0.4, 0.5) is 0 Å². The molecule has 6 heteroatoms. The third kappa shape index (κ3) is 2.63. The number of alkyl halides is 1. The molecule has 0 aliphatic rings. The van der Waals surface area contributed by atoms with Crippen molar-refractivity contribution in [3.05, 3.63) is 34.1 Å². The lowest BCUT2D eigenvalue weighted by Crippen LogP contribution is -1.99. The molecule has 0 N–H and O–H groups in total. The molecule has 0 spiro atoms. The second-order valence-electron chi connectivity index (χ2n) is 3.40. The standard InChI is InChI=1S/C11H8Br2N2O2/c1-6-14-11(17-15-6)8-3-2-7(4-9(8)13)10(16)5-12/h2-4H,5H2,1H3. The maximum absolute atomic E-state index is 11.5. The van der Waals surface area contributed by atoms with Gasteiger partial charge in [0.2, 0.25) is 0 Å². The zero-order valence-electron chi connectivity index (χ0n) is 8.91. The Labute approximate surface area is 115 Å². The molecule has 1 aromatic heterocycles. The third-order valence-electron chi connectivity index (χ3n) is 2.17. The number of carbonyl (C=O) groups is 1. The van der Waals surface area contributed by atoms with Crippen molar-refractivity contribution in [1.82, 2.24) is 10.1 Å². The van der Waals surface area contributed by atoms with Crippen molar-refractivity contribution in [2.45, 2.75) is 6.92 Å². The van der Waals surface area contributed by atoms with Crippen LogP contribution in [0.1, 0.15) is 16.2 Å². The summed E-state index contributed by atoms with van der Waals surface area (Å²) in [4.78, 5) is 15.6. The van der Waals surface area contributed by atoms with Crippen molar-refractivity contribution in [2.24, 2.45) is 0 Å². The van der Waals surface area contributed by atoms with Gasteiger partial charge in [0, 0.05) is 10.0 Å². The predicted molar refractivity (Wildman–Crippen MR) is 70.3 cm³/mol. The molecule has 0 unspecified atom stereocenters. The summed E-state index contributed by atoms with van der Waals surface area (Å²) in [5, 5.41) is 4.03. The molecule has 0 saturated carbocycles. The van der Waals surface area contributed by atoms with Gasteiger partial charge >= 0.3 is 0 Å². The Bertz CT molecular complexity index is 566. The number of halogens is 2. The Morgan fingerprint density at radius 2 is 2.24 bits per heavy atom. The lowest BCUT2D eigenvalue weighted by Gasteiger charge is -2.02. The van der Waals surface area contributed by atoms with Crippen LogP contribution in [0.5, 0.6) is 0 Å². The minimum absolute atomic E-state index is 0.0268. The molecule has 2 aromatic rings. The topological polar surface area (TPSA) is 56.0 Å². The first kappa shape index (κ1) is 12.4. The second-order valence-corrected chi connectivity index (χ2v) is 4.81. The number of carbonyl (C=O) groups excluding carboxylic acids is 1. The van der Waals surface area contributed by atoms with Crippen molar-refractivity contribution in [3.8, 4) is 11.5 Å². The van der Waals surface area contributed by atoms with E-state index in [0.29, 0.717) is 22.6 Å². The quantitative estimate of drug-likeness (QED) is 0.622. The van der Waals surface area contributed by atoms with Gasteiger partial charge in [0.1, 0.15) is 0 Å². The zero-order chi connectivity index (χ0) is 12.4. The van der Waals surface area contributed by atoms with Gasteiger partial charge in [-0.15, -0.1) is 0 Å². The van der Waals surface area contributed by atoms with Crippen molar-refractivity contribution < 1.29 is 9.32 Å². The van der Waals surface area contributed by atoms with E-state index >= 15 is 0 Å². The molecule has 0 atom stereocenters. The number of rotatable bonds is 3. The van der Waals surface area contributed by atoms with E-state index in [1.165, 1.54) is 0 Å². The number of aromatic nitrogens is 2. The van der Waals surface area contributed by atoms with Crippen LogP contribution in [0.2, 0.25) is 0 Å². The van der Waals surface area contributed by atoms with E-state index in [0.717, 1.165) is 10.0 Å². The van der Waals surface area contributed by atoms with E-state index in [1.54, 1.807) is 25.1 Å². The molecule has 0 bridgehead atoms. The fraction of sp³-hybridized carbons (Fsp3) is 0.182. The van der Waals surface area contributed by atoms with Gasteiger partial charge in [-0.25, -0.2) is 0 Å². The number of ketones is 1. The van der Waals surface area contributed by atoms with Gasteiger partial charge in [0.05, 0.1) is 10.9 Å². The summed E-state index contributed by atoms with van der Waals surface area (Å²) in [7, 11) is 0. The lowest BCUT2D eigenvalue weighted by molar-refractivity contribution is 0.102. The van der Waals surface area contributed by atoms with Gasteiger partial charge in [0.15, 0.2) is 11.6 Å². The number of hydrogen-bond acceptors (Lipinski definition) is 4. The minimum Gasteiger partial charge on any atom is -0.334 e. The SMILES string of the molecule is Cc1noc(-c2ccc(C(=O)CBr)cc2Br)n1. The first-order valence-electron chi connectivity index (χ1n) is 4.81. The summed E-state index contributed by atoms with van der Waals surface area (Å²) in [6.07, 6.45) is 0. The molecule has 0 saturated heterocycles. The third-order valence-corrected chi connectivity index (χ3v) is 3.34. The molecule has 0 fully saturated rings. The van der Waals surface area contributed by atoms with Gasteiger partial charge in [0.25, 0.3) is 5.89 Å². The van der Waals surface area contributed by atoms with Crippen LogP contribution in [0, 0.1) is 6.92 Å². The van der Waals surface area contributed by atoms with Crippen molar-refractivity contribution in [2.75, 3.05) is 5.33 Å². The number of hydrogen-bond donors (Lipinski definition) is 0. The Morgan fingerprint density at radius 1 is 1.47 bits per heavy atom. The van der Waals surface area contributed by atoms with Gasteiger partial charge in [-0.1, -0.05) is 27.2 Å². The molecule has 1 heterocycles. The molecule has 1 aromatic carbocycles. The lowest BCUT2D eigenvalue weighted by atomic mass is 10.1.